The van der Waals surface area contributed by atoms with Crippen LogP contribution in [0.15, 0.2) is 18.2 Å². The second-order valence-electron chi connectivity index (χ2n) is 4.67. The fraction of sp³-hybridized carbons (Fsp3) is 0.533. The summed E-state index contributed by atoms with van der Waals surface area (Å²) in [5.41, 5.74) is 7.75. The molecule has 0 saturated heterocycles. The van der Waals surface area contributed by atoms with E-state index in [4.69, 9.17) is 22.7 Å². The van der Waals surface area contributed by atoms with Crippen molar-refractivity contribution < 1.29 is 4.74 Å². The molecule has 3 nitrogen and oxygen atoms in total. The summed E-state index contributed by atoms with van der Waals surface area (Å²) in [6.07, 6.45) is 2.30. The molecule has 1 aromatic rings. The Morgan fingerprint density at radius 2 is 1.89 bits per heavy atom. The standard InChI is InChI=1S/C15H24N2OS/c1-4-8-17(9-5-2)11-13-10-12(15(16)19)6-7-14(13)18-3/h6-7,10H,4-5,8-9,11H2,1-3H3,(H2,16,19). The molecule has 0 unspecified atom stereocenters. The highest BCUT2D eigenvalue weighted by molar-refractivity contribution is 7.80. The molecule has 0 aliphatic rings. The molecular weight excluding hydrogens is 256 g/mol. The first-order valence-electron chi connectivity index (χ1n) is 6.81. The van der Waals surface area contributed by atoms with E-state index in [1.165, 1.54) is 0 Å². The summed E-state index contributed by atoms with van der Waals surface area (Å²) in [5.74, 6) is 0.900. The van der Waals surface area contributed by atoms with Crippen molar-refractivity contribution in [2.75, 3.05) is 20.2 Å². The Balaban J connectivity index is 2.94. The molecule has 0 heterocycles. The van der Waals surface area contributed by atoms with Crippen molar-refractivity contribution in [3.63, 3.8) is 0 Å². The highest BCUT2D eigenvalue weighted by Crippen LogP contribution is 2.22. The molecule has 1 rings (SSSR count). The average Bonchev–Trinajstić information content (AvgIpc) is 2.39. The van der Waals surface area contributed by atoms with Gasteiger partial charge in [0.1, 0.15) is 10.7 Å². The number of thiocarbonyl (C=S) groups is 1. The largest absolute Gasteiger partial charge is 0.496 e. The average molecular weight is 280 g/mol. The summed E-state index contributed by atoms with van der Waals surface area (Å²) < 4.78 is 5.43. The normalized spacial score (nSPS) is 10.7. The lowest BCUT2D eigenvalue weighted by Crippen LogP contribution is -2.25. The molecule has 1 aromatic carbocycles. The Hall–Kier alpha value is -1.13. The fourth-order valence-electron chi connectivity index (χ4n) is 2.20. The molecular formula is C15H24N2OS. The number of methoxy groups -OCH3 is 1. The van der Waals surface area contributed by atoms with Crippen LogP contribution in [0.3, 0.4) is 0 Å². The Labute approximate surface area is 121 Å². The number of hydrogen-bond acceptors (Lipinski definition) is 3. The lowest BCUT2D eigenvalue weighted by atomic mass is 10.1. The maximum Gasteiger partial charge on any atom is 0.123 e. The summed E-state index contributed by atoms with van der Waals surface area (Å²) in [6.45, 7) is 7.46. The molecule has 19 heavy (non-hydrogen) atoms. The third-order valence-electron chi connectivity index (χ3n) is 3.04. The molecule has 0 amide bonds. The molecule has 106 valence electrons. The SMILES string of the molecule is CCCN(CCC)Cc1cc(C(N)=S)ccc1OC. The predicted molar refractivity (Wildman–Crippen MR) is 84.7 cm³/mol. The van der Waals surface area contributed by atoms with Crippen LogP contribution in [-0.2, 0) is 6.54 Å². The second kappa shape index (κ2) is 8.12. The van der Waals surface area contributed by atoms with E-state index in [0.29, 0.717) is 4.99 Å². The number of nitrogens with zero attached hydrogens (tertiary/aromatic N) is 1. The monoisotopic (exact) mass is 280 g/mol. The molecule has 0 saturated carbocycles. The third-order valence-corrected chi connectivity index (χ3v) is 3.27. The van der Waals surface area contributed by atoms with Crippen LogP contribution in [0, 0.1) is 0 Å². The highest BCUT2D eigenvalue weighted by atomic mass is 32.1. The van der Waals surface area contributed by atoms with Crippen LogP contribution in [0.5, 0.6) is 5.75 Å². The van der Waals surface area contributed by atoms with E-state index in [1.54, 1.807) is 7.11 Å². The van der Waals surface area contributed by atoms with Crippen LogP contribution in [0.1, 0.15) is 37.8 Å². The number of hydrogen-bond donors (Lipinski definition) is 1. The van der Waals surface area contributed by atoms with E-state index < -0.39 is 0 Å². The van der Waals surface area contributed by atoms with Crippen LogP contribution >= 0.6 is 12.2 Å². The maximum atomic E-state index is 5.70. The molecule has 0 aromatic heterocycles. The van der Waals surface area contributed by atoms with E-state index in [0.717, 1.165) is 49.4 Å². The molecule has 0 bridgehead atoms. The van der Waals surface area contributed by atoms with Crippen molar-refractivity contribution in [1.29, 1.82) is 0 Å². The highest BCUT2D eigenvalue weighted by Gasteiger charge is 2.10. The van der Waals surface area contributed by atoms with Crippen LogP contribution in [0.25, 0.3) is 0 Å². The van der Waals surface area contributed by atoms with Crippen molar-refractivity contribution in [1.82, 2.24) is 4.90 Å². The molecule has 0 radical (unpaired) electrons. The molecule has 0 atom stereocenters. The van der Waals surface area contributed by atoms with E-state index in [2.05, 4.69) is 18.7 Å². The fourth-order valence-corrected chi connectivity index (χ4v) is 2.33. The zero-order chi connectivity index (χ0) is 14.3. The first-order chi connectivity index (χ1) is 9.12. The van der Waals surface area contributed by atoms with Gasteiger partial charge in [-0.1, -0.05) is 26.1 Å². The lowest BCUT2D eigenvalue weighted by molar-refractivity contribution is 0.262. The molecule has 0 spiro atoms. The molecule has 0 fully saturated rings. The first kappa shape index (κ1) is 15.9. The number of nitrogens with two attached hydrogens (primary N) is 1. The minimum absolute atomic E-state index is 0.432. The van der Waals surface area contributed by atoms with Crippen LogP contribution in [-0.4, -0.2) is 30.1 Å². The zero-order valence-electron chi connectivity index (χ0n) is 12.1. The maximum absolute atomic E-state index is 5.70. The lowest BCUT2D eigenvalue weighted by Gasteiger charge is -2.22. The van der Waals surface area contributed by atoms with Gasteiger partial charge in [0.2, 0.25) is 0 Å². The minimum Gasteiger partial charge on any atom is -0.496 e. The van der Waals surface area contributed by atoms with Crippen molar-refractivity contribution in [3.8, 4) is 5.75 Å². The molecule has 0 aliphatic carbocycles. The predicted octanol–water partition coefficient (Wildman–Crippen LogP) is 2.95. The van der Waals surface area contributed by atoms with Gasteiger partial charge >= 0.3 is 0 Å². The third kappa shape index (κ3) is 4.80. The Kier molecular flexibility index (Phi) is 6.81. The number of rotatable bonds is 8. The van der Waals surface area contributed by atoms with Crippen molar-refractivity contribution >= 4 is 17.2 Å². The first-order valence-corrected chi connectivity index (χ1v) is 7.22. The second-order valence-corrected chi connectivity index (χ2v) is 5.11. The van der Waals surface area contributed by atoms with E-state index in [1.807, 2.05) is 18.2 Å². The summed E-state index contributed by atoms with van der Waals surface area (Å²) in [7, 11) is 1.70. The summed E-state index contributed by atoms with van der Waals surface area (Å²) in [5, 5.41) is 0. The van der Waals surface area contributed by atoms with Gasteiger partial charge in [0.15, 0.2) is 0 Å². The topological polar surface area (TPSA) is 38.5 Å². The van der Waals surface area contributed by atoms with E-state index in [9.17, 15) is 0 Å². The van der Waals surface area contributed by atoms with Crippen LogP contribution in [0.2, 0.25) is 0 Å². The Bertz CT molecular complexity index is 415. The van der Waals surface area contributed by atoms with E-state index >= 15 is 0 Å². The van der Waals surface area contributed by atoms with Gasteiger partial charge in [-0.2, -0.15) is 0 Å². The van der Waals surface area contributed by atoms with E-state index in [-0.39, 0.29) is 0 Å². The Morgan fingerprint density at radius 1 is 1.26 bits per heavy atom. The van der Waals surface area contributed by atoms with Crippen molar-refractivity contribution in [2.45, 2.75) is 33.2 Å². The summed E-state index contributed by atoms with van der Waals surface area (Å²) in [6, 6.07) is 5.90. The molecule has 4 heteroatoms. The molecule has 0 aliphatic heterocycles. The van der Waals surface area contributed by atoms with Gasteiger partial charge in [-0.3, -0.25) is 4.90 Å². The Morgan fingerprint density at radius 3 is 2.37 bits per heavy atom. The minimum atomic E-state index is 0.432. The van der Waals surface area contributed by atoms with Crippen LogP contribution < -0.4 is 10.5 Å². The van der Waals surface area contributed by atoms with Gasteiger partial charge in [-0.25, -0.2) is 0 Å². The van der Waals surface area contributed by atoms with Crippen LogP contribution in [0.4, 0.5) is 0 Å². The van der Waals surface area contributed by atoms with Crippen molar-refractivity contribution in [3.05, 3.63) is 29.3 Å². The van der Waals surface area contributed by atoms with Gasteiger partial charge in [-0.15, -0.1) is 0 Å². The van der Waals surface area contributed by atoms with Gasteiger partial charge in [0, 0.05) is 17.7 Å². The zero-order valence-corrected chi connectivity index (χ0v) is 12.9. The summed E-state index contributed by atoms with van der Waals surface area (Å²) >= 11 is 5.04. The van der Waals surface area contributed by atoms with Gasteiger partial charge in [-0.05, 0) is 44.1 Å². The number of ether oxygens (including phenoxy) is 1. The van der Waals surface area contributed by atoms with Gasteiger partial charge < -0.3 is 10.5 Å². The van der Waals surface area contributed by atoms with Crippen molar-refractivity contribution in [2.24, 2.45) is 5.73 Å². The summed E-state index contributed by atoms with van der Waals surface area (Å²) in [4.78, 5) is 2.86. The number of benzene rings is 1. The molecule has 2 N–H and O–H groups in total. The van der Waals surface area contributed by atoms with Gasteiger partial charge in [0.25, 0.3) is 0 Å². The quantitative estimate of drug-likeness (QED) is 0.743. The smallest absolute Gasteiger partial charge is 0.123 e. The van der Waals surface area contributed by atoms with Gasteiger partial charge in [0.05, 0.1) is 7.11 Å².